The van der Waals surface area contributed by atoms with Crippen LogP contribution >= 0.6 is 0 Å². The van der Waals surface area contributed by atoms with E-state index in [9.17, 15) is 0 Å². The van der Waals surface area contributed by atoms with Gasteiger partial charge in [0.2, 0.25) is 0 Å². The summed E-state index contributed by atoms with van der Waals surface area (Å²) in [5.41, 5.74) is 9.28. The fourth-order valence-corrected chi connectivity index (χ4v) is 2.25. The minimum absolute atomic E-state index is 0.427. The molecule has 86 valence electrons. The first kappa shape index (κ1) is 10.2. The lowest BCUT2D eigenvalue weighted by Gasteiger charge is -2.18. The summed E-state index contributed by atoms with van der Waals surface area (Å²) < 4.78 is 0. The lowest BCUT2D eigenvalue weighted by atomic mass is 10.1. The highest BCUT2D eigenvalue weighted by Crippen LogP contribution is 2.27. The zero-order valence-electron chi connectivity index (χ0n) is 9.50. The van der Waals surface area contributed by atoms with Gasteiger partial charge < -0.3 is 10.6 Å². The average Bonchev–Trinajstić information content (AvgIpc) is 2.82. The van der Waals surface area contributed by atoms with Crippen LogP contribution < -0.4 is 10.6 Å². The standard InChI is InChI=1S/C13H14N4/c14-7-12-13(16-6-5-15-12)17-8-10-3-1-2-4-11(10)9-17/h1-6H,7-9,14H2. The second-order valence-electron chi connectivity index (χ2n) is 4.16. The van der Waals surface area contributed by atoms with E-state index in [0.717, 1.165) is 24.6 Å². The van der Waals surface area contributed by atoms with Gasteiger partial charge >= 0.3 is 0 Å². The van der Waals surface area contributed by atoms with E-state index in [-0.39, 0.29) is 0 Å². The van der Waals surface area contributed by atoms with Crippen LogP contribution in [-0.2, 0) is 19.6 Å². The summed E-state index contributed by atoms with van der Waals surface area (Å²) >= 11 is 0. The van der Waals surface area contributed by atoms with Gasteiger partial charge in [-0.15, -0.1) is 0 Å². The first-order chi connectivity index (χ1) is 8.38. The molecule has 0 saturated heterocycles. The fourth-order valence-electron chi connectivity index (χ4n) is 2.25. The van der Waals surface area contributed by atoms with Crippen molar-refractivity contribution < 1.29 is 0 Å². The summed E-state index contributed by atoms with van der Waals surface area (Å²) in [5, 5.41) is 0. The Morgan fingerprint density at radius 2 is 1.71 bits per heavy atom. The van der Waals surface area contributed by atoms with Gasteiger partial charge in [-0.2, -0.15) is 0 Å². The Morgan fingerprint density at radius 3 is 2.35 bits per heavy atom. The molecule has 2 aromatic rings. The largest absolute Gasteiger partial charge is 0.346 e. The maximum Gasteiger partial charge on any atom is 0.152 e. The van der Waals surface area contributed by atoms with Crippen LogP contribution in [-0.4, -0.2) is 9.97 Å². The molecular formula is C13H14N4. The number of nitrogens with two attached hydrogens (primary N) is 1. The molecule has 0 unspecified atom stereocenters. The topological polar surface area (TPSA) is 55.0 Å². The van der Waals surface area contributed by atoms with Gasteiger partial charge in [0.25, 0.3) is 0 Å². The summed E-state index contributed by atoms with van der Waals surface area (Å²) in [6.45, 7) is 2.21. The average molecular weight is 226 g/mol. The van der Waals surface area contributed by atoms with E-state index in [4.69, 9.17) is 5.73 Å². The van der Waals surface area contributed by atoms with Crippen LogP contribution in [0.5, 0.6) is 0 Å². The normalized spacial score (nSPS) is 13.8. The molecule has 0 fully saturated rings. The lowest BCUT2D eigenvalue weighted by molar-refractivity contribution is 0.821. The predicted octanol–water partition coefficient (Wildman–Crippen LogP) is 1.46. The van der Waals surface area contributed by atoms with Crippen LogP contribution in [0.25, 0.3) is 0 Å². The number of fused-ring (bicyclic) bond motifs is 1. The van der Waals surface area contributed by atoms with E-state index in [2.05, 4.69) is 39.1 Å². The van der Waals surface area contributed by atoms with Gasteiger partial charge in [0.15, 0.2) is 5.82 Å². The first-order valence-electron chi connectivity index (χ1n) is 5.70. The van der Waals surface area contributed by atoms with Crippen molar-refractivity contribution in [1.29, 1.82) is 0 Å². The molecule has 17 heavy (non-hydrogen) atoms. The summed E-state index contributed by atoms with van der Waals surface area (Å²) in [5.74, 6) is 0.909. The van der Waals surface area contributed by atoms with Crippen LogP contribution in [0.4, 0.5) is 5.82 Å². The van der Waals surface area contributed by atoms with Crippen molar-refractivity contribution in [1.82, 2.24) is 9.97 Å². The molecule has 1 aliphatic heterocycles. The molecule has 2 N–H and O–H groups in total. The number of anilines is 1. The number of rotatable bonds is 2. The minimum Gasteiger partial charge on any atom is -0.346 e. The van der Waals surface area contributed by atoms with Crippen LogP contribution in [0, 0.1) is 0 Å². The predicted molar refractivity (Wildman–Crippen MR) is 66.3 cm³/mol. The molecule has 0 aliphatic carbocycles. The van der Waals surface area contributed by atoms with Crippen molar-refractivity contribution in [3.05, 3.63) is 53.5 Å². The number of aromatic nitrogens is 2. The molecule has 0 spiro atoms. The van der Waals surface area contributed by atoms with Crippen molar-refractivity contribution in [2.24, 2.45) is 5.73 Å². The third-order valence-electron chi connectivity index (χ3n) is 3.09. The van der Waals surface area contributed by atoms with Crippen molar-refractivity contribution in [3.63, 3.8) is 0 Å². The van der Waals surface area contributed by atoms with Crippen LogP contribution in [0.3, 0.4) is 0 Å². The highest BCUT2D eigenvalue weighted by molar-refractivity contribution is 5.49. The molecule has 0 amide bonds. The molecule has 3 rings (SSSR count). The zero-order chi connectivity index (χ0) is 11.7. The molecule has 0 atom stereocenters. The summed E-state index contributed by atoms with van der Waals surface area (Å²) in [6.07, 6.45) is 3.41. The molecular weight excluding hydrogens is 212 g/mol. The minimum atomic E-state index is 0.427. The Kier molecular flexibility index (Phi) is 2.49. The van der Waals surface area contributed by atoms with Gasteiger partial charge in [0.1, 0.15) is 0 Å². The van der Waals surface area contributed by atoms with E-state index in [1.807, 2.05) is 0 Å². The molecule has 2 heterocycles. The lowest BCUT2D eigenvalue weighted by Crippen LogP contribution is -2.19. The van der Waals surface area contributed by atoms with Gasteiger partial charge in [0, 0.05) is 32.0 Å². The SMILES string of the molecule is NCc1nccnc1N1Cc2ccccc2C1. The zero-order valence-corrected chi connectivity index (χ0v) is 9.50. The van der Waals surface area contributed by atoms with Crippen LogP contribution in [0.1, 0.15) is 16.8 Å². The van der Waals surface area contributed by atoms with E-state index in [1.165, 1.54) is 11.1 Å². The van der Waals surface area contributed by atoms with Crippen molar-refractivity contribution >= 4 is 5.82 Å². The van der Waals surface area contributed by atoms with Gasteiger partial charge in [0.05, 0.1) is 5.69 Å². The third kappa shape index (κ3) is 1.76. The number of hydrogen-bond acceptors (Lipinski definition) is 4. The second-order valence-corrected chi connectivity index (χ2v) is 4.16. The Hall–Kier alpha value is -1.94. The Labute approximate surface area is 100 Å². The second kappa shape index (κ2) is 4.14. The van der Waals surface area contributed by atoms with E-state index >= 15 is 0 Å². The Morgan fingerprint density at radius 1 is 1.06 bits per heavy atom. The third-order valence-corrected chi connectivity index (χ3v) is 3.09. The van der Waals surface area contributed by atoms with Crippen molar-refractivity contribution in [2.75, 3.05) is 4.90 Å². The monoisotopic (exact) mass is 226 g/mol. The first-order valence-corrected chi connectivity index (χ1v) is 5.70. The van der Waals surface area contributed by atoms with Gasteiger partial charge in [-0.1, -0.05) is 24.3 Å². The quantitative estimate of drug-likeness (QED) is 0.842. The van der Waals surface area contributed by atoms with Gasteiger partial charge in [-0.25, -0.2) is 4.98 Å². The maximum absolute atomic E-state index is 5.69. The highest BCUT2D eigenvalue weighted by atomic mass is 15.2. The van der Waals surface area contributed by atoms with Crippen molar-refractivity contribution in [3.8, 4) is 0 Å². The maximum atomic E-state index is 5.69. The van der Waals surface area contributed by atoms with E-state index < -0.39 is 0 Å². The molecule has 4 heteroatoms. The van der Waals surface area contributed by atoms with Crippen LogP contribution in [0.15, 0.2) is 36.7 Å². The molecule has 0 radical (unpaired) electrons. The number of nitrogens with zero attached hydrogens (tertiary/aromatic N) is 3. The summed E-state index contributed by atoms with van der Waals surface area (Å²) in [7, 11) is 0. The van der Waals surface area contributed by atoms with E-state index in [0.29, 0.717) is 6.54 Å². The summed E-state index contributed by atoms with van der Waals surface area (Å²) in [4.78, 5) is 10.9. The molecule has 0 bridgehead atoms. The molecule has 4 nitrogen and oxygen atoms in total. The van der Waals surface area contributed by atoms with Gasteiger partial charge in [-0.3, -0.25) is 4.98 Å². The highest BCUT2D eigenvalue weighted by Gasteiger charge is 2.21. The van der Waals surface area contributed by atoms with Crippen molar-refractivity contribution in [2.45, 2.75) is 19.6 Å². The van der Waals surface area contributed by atoms with E-state index in [1.54, 1.807) is 12.4 Å². The fraction of sp³-hybridized carbons (Fsp3) is 0.231. The smallest absolute Gasteiger partial charge is 0.152 e. The molecule has 1 aromatic heterocycles. The number of hydrogen-bond donors (Lipinski definition) is 1. The van der Waals surface area contributed by atoms with Crippen LogP contribution in [0.2, 0.25) is 0 Å². The Bertz CT molecular complexity index is 513. The molecule has 0 saturated carbocycles. The molecule has 1 aliphatic rings. The van der Waals surface area contributed by atoms with Gasteiger partial charge in [-0.05, 0) is 11.1 Å². The Balaban J connectivity index is 1.94. The summed E-state index contributed by atoms with van der Waals surface area (Å²) in [6, 6.07) is 8.47. The number of benzene rings is 1. The molecule has 1 aromatic carbocycles.